The van der Waals surface area contributed by atoms with Gasteiger partial charge in [0.2, 0.25) is 0 Å². The third-order valence-corrected chi connectivity index (χ3v) is 2.85. The first-order valence-corrected chi connectivity index (χ1v) is 5.19. The van der Waals surface area contributed by atoms with Gasteiger partial charge in [-0.1, -0.05) is 12.1 Å². The van der Waals surface area contributed by atoms with Crippen molar-refractivity contribution in [2.75, 3.05) is 6.61 Å². The predicted molar refractivity (Wildman–Crippen MR) is 60.5 cm³/mol. The Morgan fingerprint density at radius 2 is 2.29 bits per heavy atom. The minimum absolute atomic E-state index is 0.334. The van der Waals surface area contributed by atoms with E-state index in [0.29, 0.717) is 21.3 Å². The molecule has 14 heavy (non-hydrogen) atoms. The summed E-state index contributed by atoms with van der Waals surface area (Å²) in [6.45, 7) is 2.08. The molecule has 0 fully saturated rings. The molecule has 0 heterocycles. The predicted octanol–water partition coefficient (Wildman–Crippen LogP) is 2.28. The molecule has 0 amide bonds. The van der Waals surface area contributed by atoms with Crippen LogP contribution in [0.5, 0.6) is 0 Å². The summed E-state index contributed by atoms with van der Waals surface area (Å²) in [6, 6.07) is 4.97. The molecule has 0 spiro atoms. The zero-order chi connectivity index (χ0) is 10.6. The fourth-order valence-electron chi connectivity index (χ4n) is 1.01. The first kappa shape index (κ1) is 11.2. The summed E-state index contributed by atoms with van der Waals surface area (Å²) in [5.74, 6) is -0.388. The standard InChI is InChI=1S/C10H9IO3/c1-2-14-10(13)8-5-3-4-7(6-12)9(8)11/h3-6H,2H2,1H3. The zero-order valence-electron chi connectivity index (χ0n) is 7.62. The van der Waals surface area contributed by atoms with Crippen LogP contribution in [0, 0.1) is 3.57 Å². The average Bonchev–Trinajstić information content (AvgIpc) is 2.18. The van der Waals surface area contributed by atoms with Gasteiger partial charge in [0.15, 0.2) is 6.29 Å². The molecule has 0 aliphatic rings. The summed E-state index contributed by atoms with van der Waals surface area (Å²) in [4.78, 5) is 22.0. The highest BCUT2D eigenvalue weighted by molar-refractivity contribution is 14.1. The van der Waals surface area contributed by atoms with E-state index in [1.807, 2.05) is 22.6 Å². The molecule has 0 aliphatic carbocycles. The lowest BCUT2D eigenvalue weighted by atomic mass is 10.1. The number of carbonyl (C=O) groups excluding carboxylic acids is 2. The fraction of sp³-hybridized carbons (Fsp3) is 0.200. The Balaban J connectivity index is 3.09. The second kappa shape index (κ2) is 5.09. The van der Waals surface area contributed by atoms with Crippen LogP contribution >= 0.6 is 22.6 Å². The Morgan fingerprint density at radius 3 is 2.86 bits per heavy atom. The van der Waals surface area contributed by atoms with Gasteiger partial charge in [-0.25, -0.2) is 4.79 Å². The zero-order valence-corrected chi connectivity index (χ0v) is 9.78. The van der Waals surface area contributed by atoms with E-state index in [9.17, 15) is 9.59 Å². The molecule has 1 aromatic carbocycles. The van der Waals surface area contributed by atoms with Crippen molar-refractivity contribution in [3.8, 4) is 0 Å². The molecule has 0 aliphatic heterocycles. The van der Waals surface area contributed by atoms with E-state index >= 15 is 0 Å². The second-order valence-corrected chi connectivity index (χ2v) is 3.63. The number of aldehydes is 1. The van der Waals surface area contributed by atoms with Crippen molar-refractivity contribution in [3.05, 3.63) is 32.9 Å². The number of benzene rings is 1. The number of hydrogen-bond donors (Lipinski definition) is 0. The van der Waals surface area contributed by atoms with Crippen molar-refractivity contribution < 1.29 is 14.3 Å². The fourth-order valence-corrected chi connectivity index (χ4v) is 1.71. The van der Waals surface area contributed by atoms with Crippen LogP contribution in [0.4, 0.5) is 0 Å². The van der Waals surface area contributed by atoms with Crippen LogP contribution in [0.2, 0.25) is 0 Å². The summed E-state index contributed by atoms with van der Waals surface area (Å²) in [5, 5.41) is 0. The van der Waals surface area contributed by atoms with Gasteiger partial charge in [-0.15, -0.1) is 0 Å². The maximum atomic E-state index is 11.4. The average molecular weight is 304 g/mol. The highest BCUT2D eigenvalue weighted by Crippen LogP contribution is 2.16. The minimum Gasteiger partial charge on any atom is -0.462 e. The molecule has 0 bridgehead atoms. The van der Waals surface area contributed by atoms with Crippen molar-refractivity contribution in [2.24, 2.45) is 0 Å². The van der Waals surface area contributed by atoms with Gasteiger partial charge in [0.1, 0.15) is 0 Å². The molecule has 0 aromatic heterocycles. The van der Waals surface area contributed by atoms with Gasteiger partial charge in [0.25, 0.3) is 0 Å². The maximum absolute atomic E-state index is 11.4. The van der Waals surface area contributed by atoms with E-state index in [-0.39, 0.29) is 5.97 Å². The molecule has 0 radical (unpaired) electrons. The molecular formula is C10H9IO3. The molecular weight excluding hydrogens is 295 g/mol. The number of esters is 1. The van der Waals surface area contributed by atoms with Crippen molar-refractivity contribution in [2.45, 2.75) is 6.92 Å². The van der Waals surface area contributed by atoms with Crippen LogP contribution in [-0.2, 0) is 4.74 Å². The molecule has 0 saturated heterocycles. The van der Waals surface area contributed by atoms with Gasteiger partial charge in [0.05, 0.1) is 12.2 Å². The third-order valence-electron chi connectivity index (χ3n) is 1.65. The second-order valence-electron chi connectivity index (χ2n) is 2.55. The number of carbonyl (C=O) groups is 2. The van der Waals surface area contributed by atoms with Crippen LogP contribution in [0.15, 0.2) is 18.2 Å². The van der Waals surface area contributed by atoms with Crippen LogP contribution in [-0.4, -0.2) is 18.9 Å². The third kappa shape index (κ3) is 2.31. The van der Waals surface area contributed by atoms with E-state index in [1.54, 1.807) is 25.1 Å². The highest BCUT2D eigenvalue weighted by Gasteiger charge is 2.12. The Hall–Kier alpha value is -0.910. The number of ether oxygens (including phenoxy) is 1. The van der Waals surface area contributed by atoms with Crippen molar-refractivity contribution in [1.29, 1.82) is 0 Å². The van der Waals surface area contributed by atoms with Crippen molar-refractivity contribution in [3.63, 3.8) is 0 Å². The van der Waals surface area contributed by atoms with Gasteiger partial charge < -0.3 is 4.74 Å². The van der Waals surface area contributed by atoms with Gasteiger partial charge in [0, 0.05) is 9.13 Å². The van der Waals surface area contributed by atoms with Crippen LogP contribution < -0.4 is 0 Å². The summed E-state index contributed by atoms with van der Waals surface area (Å²) in [7, 11) is 0. The summed E-state index contributed by atoms with van der Waals surface area (Å²) in [6.07, 6.45) is 0.727. The van der Waals surface area contributed by atoms with E-state index < -0.39 is 0 Å². The summed E-state index contributed by atoms with van der Waals surface area (Å²) < 4.78 is 5.49. The quantitative estimate of drug-likeness (QED) is 0.489. The van der Waals surface area contributed by atoms with Crippen LogP contribution in [0.3, 0.4) is 0 Å². The molecule has 1 rings (SSSR count). The van der Waals surface area contributed by atoms with Crippen LogP contribution in [0.25, 0.3) is 0 Å². The normalized spacial score (nSPS) is 9.57. The van der Waals surface area contributed by atoms with Crippen LogP contribution in [0.1, 0.15) is 27.6 Å². The Morgan fingerprint density at radius 1 is 1.57 bits per heavy atom. The van der Waals surface area contributed by atoms with E-state index in [1.165, 1.54) is 0 Å². The van der Waals surface area contributed by atoms with E-state index in [2.05, 4.69) is 0 Å². The summed E-state index contributed by atoms with van der Waals surface area (Å²) >= 11 is 1.96. The topological polar surface area (TPSA) is 43.4 Å². The Bertz CT molecular complexity index is 360. The lowest BCUT2D eigenvalue weighted by Crippen LogP contribution is -2.07. The number of halogens is 1. The number of hydrogen-bond acceptors (Lipinski definition) is 3. The van der Waals surface area contributed by atoms with Crippen molar-refractivity contribution >= 4 is 34.8 Å². The monoisotopic (exact) mass is 304 g/mol. The lowest BCUT2D eigenvalue weighted by molar-refractivity contribution is 0.0525. The van der Waals surface area contributed by atoms with Gasteiger partial charge in [-0.2, -0.15) is 0 Å². The molecule has 3 nitrogen and oxygen atoms in total. The molecule has 0 saturated carbocycles. The molecule has 4 heteroatoms. The minimum atomic E-state index is -0.388. The van der Waals surface area contributed by atoms with Gasteiger partial charge >= 0.3 is 5.97 Å². The van der Waals surface area contributed by atoms with E-state index in [4.69, 9.17) is 4.74 Å². The Kier molecular flexibility index (Phi) is 4.06. The first-order valence-electron chi connectivity index (χ1n) is 4.11. The van der Waals surface area contributed by atoms with Crippen molar-refractivity contribution in [1.82, 2.24) is 0 Å². The molecule has 0 N–H and O–H groups in total. The highest BCUT2D eigenvalue weighted by atomic mass is 127. The molecule has 74 valence electrons. The lowest BCUT2D eigenvalue weighted by Gasteiger charge is -2.05. The number of rotatable bonds is 3. The van der Waals surface area contributed by atoms with E-state index in [0.717, 1.165) is 6.29 Å². The van der Waals surface area contributed by atoms with Gasteiger partial charge in [-0.3, -0.25) is 4.79 Å². The molecule has 1 aromatic rings. The largest absolute Gasteiger partial charge is 0.462 e. The first-order chi connectivity index (χ1) is 6.70. The molecule has 0 atom stereocenters. The maximum Gasteiger partial charge on any atom is 0.339 e. The van der Waals surface area contributed by atoms with Gasteiger partial charge in [-0.05, 0) is 35.6 Å². The SMILES string of the molecule is CCOC(=O)c1cccc(C=O)c1I. The Labute approximate surface area is 95.6 Å². The molecule has 0 unspecified atom stereocenters. The smallest absolute Gasteiger partial charge is 0.339 e. The summed E-state index contributed by atoms with van der Waals surface area (Å²) in [5.41, 5.74) is 0.952.